The number of hydrogen-bond donors (Lipinski definition) is 2. The van der Waals surface area contributed by atoms with E-state index in [0.717, 1.165) is 11.1 Å². The van der Waals surface area contributed by atoms with Crippen molar-refractivity contribution in [2.45, 2.75) is 26.4 Å². The van der Waals surface area contributed by atoms with Gasteiger partial charge in [-0.3, -0.25) is 4.79 Å². The van der Waals surface area contributed by atoms with Crippen LogP contribution in [0.3, 0.4) is 0 Å². The molecule has 0 aliphatic rings. The quantitative estimate of drug-likeness (QED) is 0.609. The summed E-state index contributed by atoms with van der Waals surface area (Å²) in [4.78, 5) is 28.1. The van der Waals surface area contributed by atoms with Crippen LogP contribution in [0.5, 0.6) is 5.75 Å². The molecule has 0 unspecified atom stereocenters. The molecule has 3 rings (SSSR count). The van der Waals surface area contributed by atoms with E-state index in [4.69, 9.17) is 4.74 Å². The number of carboxylic acid groups (broad SMARTS) is 1. The van der Waals surface area contributed by atoms with Crippen LogP contribution >= 0.6 is 0 Å². The Labute approximate surface area is 169 Å². The molecular weight excluding hydrogens is 368 g/mol. The Bertz CT molecular complexity index is 1020. The number of carboxylic acids is 1. The van der Waals surface area contributed by atoms with Crippen molar-refractivity contribution < 1.29 is 19.4 Å². The van der Waals surface area contributed by atoms with Gasteiger partial charge in [-0.05, 0) is 47.4 Å². The highest BCUT2D eigenvalue weighted by Crippen LogP contribution is 2.25. The first kappa shape index (κ1) is 20.1. The fourth-order valence-corrected chi connectivity index (χ4v) is 2.77. The molecule has 1 heterocycles. The topological polar surface area (TPSA) is 88.5 Å². The summed E-state index contributed by atoms with van der Waals surface area (Å²) in [6.07, 6.45) is 1.43. The highest BCUT2D eigenvalue weighted by molar-refractivity contribution is 6.07. The molecule has 6 nitrogen and oxygen atoms in total. The standard InChI is InChI=1S/C23H22N2O4/c1-15(2)17-11-18(13-19(12-17)29-14-16-7-4-3-5-8-16)22(26)25-21-20(23(27)28)9-6-10-24-21/h3-13,15H,14H2,1-2H3,(H,27,28)(H,24,25,26). The summed E-state index contributed by atoms with van der Waals surface area (Å²) in [7, 11) is 0. The van der Waals surface area contributed by atoms with E-state index in [1.807, 2.05) is 50.2 Å². The smallest absolute Gasteiger partial charge is 0.339 e. The number of hydrogen-bond acceptors (Lipinski definition) is 4. The van der Waals surface area contributed by atoms with Gasteiger partial charge in [0.25, 0.3) is 5.91 Å². The van der Waals surface area contributed by atoms with Gasteiger partial charge in [-0.15, -0.1) is 0 Å². The van der Waals surface area contributed by atoms with Crippen molar-refractivity contribution in [1.82, 2.24) is 4.98 Å². The Kier molecular flexibility index (Phi) is 6.24. The van der Waals surface area contributed by atoms with Gasteiger partial charge in [0, 0.05) is 11.8 Å². The van der Waals surface area contributed by atoms with Gasteiger partial charge in [0.2, 0.25) is 0 Å². The summed E-state index contributed by atoms with van der Waals surface area (Å²) in [6, 6.07) is 18.0. The number of rotatable bonds is 7. The van der Waals surface area contributed by atoms with Crippen LogP contribution in [0.15, 0.2) is 66.9 Å². The number of nitrogens with one attached hydrogen (secondary N) is 1. The summed E-state index contributed by atoms with van der Waals surface area (Å²) in [6.45, 7) is 4.44. The van der Waals surface area contributed by atoms with E-state index in [2.05, 4.69) is 10.3 Å². The highest BCUT2D eigenvalue weighted by Gasteiger charge is 2.16. The summed E-state index contributed by atoms with van der Waals surface area (Å²) < 4.78 is 5.90. The van der Waals surface area contributed by atoms with Gasteiger partial charge in [0.15, 0.2) is 0 Å². The van der Waals surface area contributed by atoms with Gasteiger partial charge in [-0.1, -0.05) is 44.2 Å². The number of aromatic nitrogens is 1. The molecule has 0 atom stereocenters. The summed E-state index contributed by atoms with van der Waals surface area (Å²) in [5, 5.41) is 11.9. The predicted octanol–water partition coefficient (Wildman–Crippen LogP) is 4.73. The molecule has 0 aliphatic carbocycles. The molecule has 1 aromatic heterocycles. The van der Waals surface area contributed by atoms with Crippen LogP contribution in [0.1, 0.15) is 51.6 Å². The first-order valence-electron chi connectivity index (χ1n) is 9.25. The molecule has 1 amide bonds. The number of benzene rings is 2. The van der Waals surface area contributed by atoms with Crippen LogP contribution in [-0.2, 0) is 6.61 Å². The van der Waals surface area contributed by atoms with Crippen LogP contribution in [0, 0.1) is 0 Å². The largest absolute Gasteiger partial charge is 0.489 e. The molecule has 29 heavy (non-hydrogen) atoms. The van der Waals surface area contributed by atoms with Crippen molar-refractivity contribution in [2.24, 2.45) is 0 Å². The zero-order chi connectivity index (χ0) is 20.8. The number of nitrogens with zero attached hydrogens (tertiary/aromatic N) is 1. The number of carbonyl (C=O) groups is 2. The fourth-order valence-electron chi connectivity index (χ4n) is 2.77. The number of carbonyl (C=O) groups excluding carboxylic acids is 1. The number of aromatic carboxylic acids is 1. The van der Waals surface area contributed by atoms with Crippen LogP contribution in [0.25, 0.3) is 0 Å². The lowest BCUT2D eigenvalue weighted by Gasteiger charge is -2.14. The molecule has 0 fully saturated rings. The van der Waals surface area contributed by atoms with E-state index in [-0.39, 0.29) is 17.3 Å². The molecule has 2 aromatic carbocycles. The molecule has 0 radical (unpaired) electrons. The minimum Gasteiger partial charge on any atom is -0.489 e. The van der Waals surface area contributed by atoms with Crippen molar-refractivity contribution in [1.29, 1.82) is 0 Å². The first-order valence-corrected chi connectivity index (χ1v) is 9.25. The highest BCUT2D eigenvalue weighted by atomic mass is 16.5. The third-order valence-corrected chi connectivity index (χ3v) is 4.38. The van der Waals surface area contributed by atoms with Crippen molar-refractivity contribution in [3.8, 4) is 5.75 Å². The molecule has 0 bridgehead atoms. The van der Waals surface area contributed by atoms with Gasteiger partial charge in [0.1, 0.15) is 23.7 Å². The molecule has 3 aromatic rings. The lowest BCUT2D eigenvalue weighted by Crippen LogP contribution is -2.16. The maximum atomic E-state index is 12.8. The normalized spacial score (nSPS) is 10.6. The third kappa shape index (κ3) is 5.19. The Morgan fingerprint density at radius 2 is 1.83 bits per heavy atom. The number of amides is 1. The zero-order valence-corrected chi connectivity index (χ0v) is 16.3. The van der Waals surface area contributed by atoms with Gasteiger partial charge in [-0.2, -0.15) is 0 Å². The second-order valence-electron chi connectivity index (χ2n) is 6.88. The van der Waals surface area contributed by atoms with Crippen molar-refractivity contribution in [3.05, 3.63) is 89.1 Å². The Hall–Kier alpha value is -3.67. The van der Waals surface area contributed by atoms with E-state index >= 15 is 0 Å². The summed E-state index contributed by atoms with van der Waals surface area (Å²) >= 11 is 0. The molecule has 6 heteroatoms. The fraction of sp³-hybridized carbons (Fsp3) is 0.174. The predicted molar refractivity (Wildman–Crippen MR) is 110 cm³/mol. The van der Waals surface area contributed by atoms with E-state index in [1.54, 1.807) is 12.1 Å². The average molecular weight is 390 g/mol. The monoisotopic (exact) mass is 390 g/mol. The van der Waals surface area contributed by atoms with Gasteiger partial charge in [-0.25, -0.2) is 9.78 Å². The molecule has 0 aliphatic heterocycles. The van der Waals surface area contributed by atoms with Crippen LogP contribution in [-0.4, -0.2) is 22.0 Å². The molecule has 0 spiro atoms. The molecule has 0 saturated heterocycles. The average Bonchev–Trinajstić information content (AvgIpc) is 2.73. The first-order chi connectivity index (χ1) is 13.9. The maximum Gasteiger partial charge on any atom is 0.339 e. The zero-order valence-electron chi connectivity index (χ0n) is 16.3. The van der Waals surface area contributed by atoms with Gasteiger partial charge >= 0.3 is 5.97 Å². The Morgan fingerprint density at radius 1 is 1.07 bits per heavy atom. The van der Waals surface area contributed by atoms with E-state index in [1.165, 1.54) is 18.3 Å². The number of ether oxygens (including phenoxy) is 1. The molecule has 148 valence electrons. The van der Waals surface area contributed by atoms with Crippen molar-refractivity contribution in [3.63, 3.8) is 0 Å². The SMILES string of the molecule is CC(C)c1cc(OCc2ccccc2)cc(C(=O)Nc2ncccc2C(=O)O)c1. The van der Waals surface area contributed by atoms with Gasteiger partial charge < -0.3 is 15.2 Å². The van der Waals surface area contributed by atoms with E-state index < -0.39 is 11.9 Å². The lowest BCUT2D eigenvalue weighted by atomic mass is 10.00. The van der Waals surface area contributed by atoms with Crippen LogP contribution in [0.4, 0.5) is 5.82 Å². The second kappa shape index (κ2) is 9.01. The minimum absolute atomic E-state index is 0.00621. The number of pyridine rings is 1. The number of anilines is 1. The van der Waals surface area contributed by atoms with Crippen molar-refractivity contribution in [2.75, 3.05) is 5.32 Å². The molecular formula is C23H22N2O4. The Morgan fingerprint density at radius 3 is 2.52 bits per heavy atom. The minimum atomic E-state index is -1.16. The Balaban J connectivity index is 1.85. The second-order valence-corrected chi connectivity index (χ2v) is 6.88. The molecule has 2 N–H and O–H groups in total. The van der Waals surface area contributed by atoms with Crippen LogP contribution in [0.2, 0.25) is 0 Å². The maximum absolute atomic E-state index is 12.8. The summed E-state index contributed by atoms with van der Waals surface area (Å²) in [5.41, 5.74) is 2.27. The molecule has 0 saturated carbocycles. The van der Waals surface area contributed by atoms with Gasteiger partial charge in [0.05, 0.1) is 0 Å². The summed E-state index contributed by atoms with van der Waals surface area (Å²) in [5.74, 6) is -0.836. The third-order valence-electron chi connectivity index (χ3n) is 4.38. The van der Waals surface area contributed by atoms with Crippen molar-refractivity contribution >= 4 is 17.7 Å². The lowest BCUT2D eigenvalue weighted by molar-refractivity contribution is 0.0697. The van der Waals surface area contributed by atoms with Crippen LogP contribution < -0.4 is 10.1 Å². The van der Waals surface area contributed by atoms with E-state index in [0.29, 0.717) is 17.9 Å². The van der Waals surface area contributed by atoms with E-state index in [9.17, 15) is 14.7 Å².